The molecule has 1 N–H and O–H groups in total. The molecule has 3 rings (SSSR count). The van der Waals surface area contributed by atoms with Crippen LogP contribution >= 0.6 is 11.3 Å². The maximum absolute atomic E-state index is 11.2. The molecule has 0 radical (unpaired) electrons. The summed E-state index contributed by atoms with van der Waals surface area (Å²) in [5.74, 6) is -1.41. The van der Waals surface area contributed by atoms with E-state index in [1.54, 1.807) is 6.07 Å². The van der Waals surface area contributed by atoms with Crippen molar-refractivity contribution in [2.75, 3.05) is 0 Å². The Balaban J connectivity index is 2.07. The molecule has 21 heavy (non-hydrogen) atoms. The van der Waals surface area contributed by atoms with Gasteiger partial charge in [0, 0.05) is 22.6 Å². The van der Waals surface area contributed by atoms with E-state index >= 15 is 0 Å². The molecule has 1 atom stereocenters. The molecule has 0 spiro atoms. The molecule has 1 aromatic heterocycles. The van der Waals surface area contributed by atoms with E-state index in [1.807, 2.05) is 6.92 Å². The monoisotopic (exact) mass is 304 g/mol. The molecule has 0 aliphatic heterocycles. The molecular weight excluding hydrogens is 292 g/mol. The van der Waals surface area contributed by atoms with Gasteiger partial charge in [-0.2, -0.15) is 0 Å². The van der Waals surface area contributed by atoms with E-state index in [0.717, 1.165) is 10.4 Å². The number of benzene rings is 1. The van der Waals surface area contributed by atoms with Crippen LogP contribution < -0.4 is 0 Å². The summed E-state index contributed by atoms with van der Waals surface area (Å²) in [5, 5.41) is 20.7. The minimum atomic E-state index is -0.860. The van der Waals surface area contributed by atoms with Crippen LogP contribution in [0.2, 0.25) is 0 Å². The minimum absolute atomic E-state index is 0.0146. The van der Waals surface area contributed by atoms with Gasteiger partial charge in [-0.1, -0.05) is 6.07 Å². The van der Waals surface area contributed by atoms with Crippen LogP contribution in [-0.4, -0.2) is 21.0 Å². The number of thiazole rings is 1. The summed E-state index contributed by atoms with van der Waals surface area (Å²) < 4.78 is 0. The van der Waals surface area contributed by atoms with Gasteiger partial charge in [-0.05, 0) is 25.3 Å². The molecule has 1 aliphatic carbocycles. The van der Waals surface area contributed by atoms with Crippen LogP contribution in [0.5, 0.6) is 0 Å². The Kier molecular flexibility index (Phi) is 3.21. The van der Waals surface area contributed by atoms with Crippen molar-refractivity contribution in [3.8, 4) is 10.6 Å². The van der Waals surface area contributed by atoms with Gasteiger partial charge < -0.3 is 5.11 Å². The summed E-state index contributed by atoms with van der Waals surface area (Å²) >= 11 is 1.43. The van der Waals surface area contributed by atoms with Crippen LogP contribution in [0.1, 0.15) is 28.5 Å². The van der Waals surface area contributed by atoms with Gasteiger partial charge in [0.15, 0.2) is 0 Å². The lowest BCUT2D eigenvalue weighted by atomic mass is 10.1. The number of rotatable bonds is 3. The molecule has 0 amide bonds. The third-order valence-corrected chi connectivity index (χ3v) is 4.84. The zero-order valence-corrected chi connectivity index (χ0v) is 12.0. The molecule has 7 heteroatoms. The first-order chi connectivity index (χ1) is 9.97. The number of carboxylic acid groups (broad SMARTS) is 1. The van der Waals surface area contributed by atoms with Gasteiger partial charge in [-0.25, -0.2) is 4.98 Å². The molecule has 1 unspecified atom stereocenters. The molecule has 6 nitrogen and oxygen atoms in total. The maximum Gasteiger partial charge on any atom is 0.312 e. The van der Waals surface area contributed by atoms with Crippen molar-refractivity contribution < 1.29 is 14.8 Å². The highest BCUT2D eigenvalue weighted by Crippen LogP contribution is 2.41. The first-order valence-electron chi connectivity index (χ1n) is 6.45. The van der Waals surface area contributed by atoms with Crippen molar-refractivity contribution in [3.63, 3.8) is 0 Å². The van der Waals surface area contributed by atoms with Crippen LogP contribution in [-0.2, 0) is 11.2 Å². The molecule has 1 aliphatic rings. The number of nitrogens with zero attached hydrogens (tertiary/aromatic N) is 2. The molecule has 0 fully saturated rings. The van der Waals surface area contributed by atoms with Gasteiger partial charge >= 0.3 is 5.97 Å². The lowest BCUT2D eigenvalue weighted by Crippen LogP contribution is -2.08. The van der Waals surface area contributed by atoms with Crippen molar-refractivity contribution in [3.05, 3.63) is 44.4 Å². The second-order valence-electron chi connectivity index (χ2n) is 5.01. The third-order valence-electron chi connectivity index (χ3n) is 3.68. The standard InChI is InChI=1S/C14H12N2O4S/c1-7-2-3-8(16(19)20)6-10(7)13-15-12-9(14(17)18)4-5-11(12)21-13/h2-3,6,9H,4-5H2,1H3,(H,17,18). The smallest absolute Gasteiger partial charge is 0.312 e. The molecule has 1 aromatic carbocycles. The highest BCUT2D eigenvalue weighted by atomic mass is 32.1. The number of nitro benzene ring substituents is 1. The highest BCUT2D eigenvalue weighted by Gasteiger charge is 2.32. The molecule has 0 bridgehead atoms. The zero-order valence-electron chi connectivity index (χ0n) is 11.2. The number of hydrogen-bond donors (Lipinski definition) is 1. The van der Waals surface area contributed by atoms with Gasteiger partial charge in [-0.3, -0.25) is 14.9 Å². The zero-order chi connectivity index (χ0) is 15.1. The average Bonchev–Trinajstić information content (AvgIpc) is 2.97. The number of aryl methyl sites for hydroxylation is 2. The van der Waals surface area contributed by atoms with Crippen LogP contribution in [0.15, 0.2) is 18.2 Å². The van der Waals surface area contributed by atoms with Crippen molar-refractivity contribution in [1.29, 1.82) is 0 Å². The first-order valence-corrected chi connectivity index (χ1v) is 7.27. The number of aliphatic carboxylic acids is 1. The molecule has 2 aromatic rings. The number of carboxylic acids is 1. The first kappa shape index (κ1) is 13.7. The van der Waals surface area contributed by atoms with E-state index < -0.39 is 16.8 Å². The predicted molar refractivity (Wildman–Crippen MR) is 77.6 cm³/mol. The fraction of sp³-hybridized carbons (Fsp3) is 0.286. The second-order valence-corrected chi connectivity index (χ2v) is 6.10. The van der Waals surface area contributed by atoms with Crippen LogP contribution in [0, 0.1) is 17.0 Å². The number of hydrogen-bond acceptors (Lipinski definition) is 5. The Bertz CT molecular complexity index is 753. The number of non-ortho nitro benzene ring substituents is 1. The molecule has 1 heterocycles. The van der Waals surface area contributed by atoms with Crippen molar-refractivity contribution >= 4 is 23.0 Å². The summed E-state index contributed by atoms with van der Waals surface area (Å²) in [6.45, 7) is 1.86. The largest absolute Gasteiger partial charge is 0.481 e. The average molecular weight is 304 g/mol. The van der Waals surface area contributed by atoms with Gasteiger partial charge in [-0.15, -0.1) is 11.3 Å². The summed E-state index contributed by atoms with van der Waals surface area (Å²) in [6.07, 6.45) is 1.29. The lowest BCUT2D eigenvalue weighted by molar-refractivity contribution is -0.384. The van der Waals surface area contributed by atoms with Crippen LogP contribution in [0.25, 0.3) is 10.6 Å². The van der Waals surface area contributed by atoms with Gasteiger partial charge in [0.05, 0.1) is 10.6 Å². The summed E-state index contributed by atoms with van der Waals surface area (Å²) in [5.41, 5.74) is 2.22. The van der Waals surface area contributed by atoms with Gasteiger partial charge in [0.25, 0.3) is 5.69 Å². The van der Waals surface area contributed by atoms with Gasteiger partial charge in [0.1, 0.15) is 10.9 Å². The molecular formula is C14H12N2O4S. The summed E-state index contributed by atoms with van der Waals surface area (Å²) in [6, 6.07) is 4.65. The summed E-state index contributed by atoms with van der Waals surface area (Å²) in [7, 11) is 0. The SMILES string of the molecule is Cc1ccc([N+](=O)[O-])cc1-c1nc2c(s1)CCC2C(=O)O. The fourth-order valence-electron chi connectivity index (χ4n) is 2.54. The number of fused-ring (bicyclic) bond motifs is 1. The Morgan fingerprint density at radius 3 is 2.95 bits per heavy atom. The second kappa shape index (κ2) is 4.92. The Labute approximate surface area is 124 Å². The van der Waals surface area contributed by atoms with E-state index in [2.05, 4.69) is 4.98 Å². The quantitative estimate of drug-likeness (QED) is 0.694. The van der Waals surface area contributed by atoms with Crippen molar-refractivity contribution in [2.24, 2.45) is 0 Å². The maximum atomic E-state index is 11.2. The molecule has 0 saturated heterocycles. The molecule has 108 valence electrons. The van der Waals surface area contributed by atoms with Gasteiger partial charge in [0.2, 0.25) is 0 Å². The number of nitro groups is 1. The highest BCUT2D eigenvalue weighted by molar-refractivity contribution is 7.15. The Hall–Kier alpha value is -2.28. The van der Waals surface area contributed by atoms with Crippen molar-refractivity contribution in [1.82, 2.24) is 4.98 Å². The van der Waals surface area contributed by atoms with Crippen molar-refractivity contribution in [2.45, 2.75) is 25.7 Å². The van der Waals surface area contributed by atoms with E-state index in [0.29, 0.717) is 29.1 Å². The number of aromatic nitrogens is 1. The predicted octanol–water partition coefficient (Wildman–Crippen LogP) is 3.14. The van der Waals surface area contributed by atoms with E-state index in [-0.39, 0.29) is 5.69 Å². The number of carbonyl (C=O) groups is 1. The summed E-state index contributed by atoms with van der Waals surface area (Å²) in [4.78, 5) is 27.1. The van der Waals surface area contributed by atoms with E-state index in [4.69, 9.17) is 0 Å². The Morgan fingerprint density at radius 2 is 2.29 bits per heavy atom. The van der Waals surface area contributed by atoms with E-state index in [1.165, 1.54) is 23.5 Å². The molecule has 0 saturated carbocycles. The van der Waals surface area contributed by atoms with Crippen LogP contribution in [0.4, 0.5) is 5.69 Å². The van der Waals surface area contributed by atoms with E-state index in [9.17, 15) is 20.0 Å². The normalized spacial score (nSPS) is 16.7. The fourth-order valence-corrected chi connectivity index (χ4v) is 3.76. The minimum Gasteiger partial charge on any atom is -0.481 e. The van der Waals surface area contributed by atoms with Crippen LogP contribution in [0.3, 0.4) is 0 Å². The topological polar surface area (TPSA) is 93.3 Å². The third kappa shape index (κ3) is 2.29. The lowest BCUT2D eigenvalue weighted by Gasteiger charge is -2.04. The Morgan fingerprint density at radius 1 is 1.52 bits per heavy atom.